The monoisotopic (exact) mass is 127 g/mol. The maximum Gasteiger partial charge on any atom is 0.214 e. The molecule has 0 saturated carbocycles. The summed E-state index contributed by atoms with van der Waals surface area (Å²) in [6.45, 7) is 0. The van der Waals surface area contributed by atoms with E-state index in [1.165, 1.54) is 0 Å². The molecule has 1 heterocycles. The van der Waals surface area contributed by atoms with Crippen LogP contribution in [0.25, 0.3) is 0 Å². The van der Waals surface area contributed by atoms with Gasteiger partial charge >= 0.3 is 0 Å². The van der Waals surface area contributed by atoms with E-state index in [-0.39, 0.29) is 5.88 Å². The molecule has 0 bridgehead atoms. The molecular formula is C5H5NO3. The van der Waals surface area contributed by atoms with Crippen molar-refractivity contribution in [3.63, 3.8) is 0 Å². The van der Waals surface area contributed by atoms with Crippen LogP contribution in [-0.4, -0.2) is 28.3 Å². The van der Waals surface area contributed by atoms with Crippen LogP contribution in [0.2, 0.25) is 0 Å². The summed E-state index contributed by atoms with van der Waals surface area (Å²) in [6, 6.07) is 0. The summed E-state index contributed by atoms with van der Waals surface area (Å²) >= 11 is 0. The second-order valence-electron chi connectivity index (χ2n) is 1.63. The van der Waals surface area contributed by atoms with Crippen molar-refractivity contribution in [3.05, 3.63) is 12.0 Å². The number of carbonyl (C=O) groups excluding carboxylic acids is 1. The van der Waals surface area contributed by atoms with Crippen LogP contribution < -0.4 is 0 Å². The van der Waals surface area contributed by atoms with Gasteiger partial charge in [-0.1, -0.05) is 0 Å². The van der Waals surface area contributed by atoms with E-state index in [0.717, 1.165) is 12.3 Å². The number of rotatable bonds is 0. The molecule has 0 aromatic heterocycles. The minimum atomic E-state index is -1.18. The number of nitrogens with zero attached hydrogens (tertiary/aromatic N) is 1. The van der Waals surface area contributed by atoms with Crippen molar-refractivity contribution >= 4 is 12.0 Å². The third-order valence-corrected chi connectivity index (χ3v) is 0.911. The smallest absolute Gasteiger partial charge is 0.214 e. The average Bonchev–Trinajstić information content (AvgIpc) is 1.80. The molecule has 48 valence electrons. The van der Waals surface area contributed by atoms with Gasteiger partial charge in [0.1, 0.15) is 0 Å². The van der Waals surface area contributed by atoms with Crippen LogP contribution in [0.15, 0.2) is 17.0 Å². The Morgan fingerprint density at radius 2 is 2.33 bits per heavy atom. The fourth-order valence-electron chi connectivity index (χ4n) is 0.470. The van der Waals surface area contributed by atoms with E-state index in [0.29, 0.717) is 0 Å². The van der Waals surface area contributed by atoms with Crippen molar-refractivity contribution in [2.24, 2.45) is 4.99 Å². The predicted molar refractivity (Wildman–Crippen MR) is 30.2 cm³/mol. The van der Waals surface area contributed by atoms with Gasteiger partial charge in [0, 0.05) is 12.3 Å². The van der Waals surface area contributed by atoms with Crippen molar-refractivity contribution < 1.29 is 15.0 Å². The molecule has 0 aromatic rings. The van der Waals surface area contributed by atoms with Gasteiger partial charge < -0.3 is 10.2 Å². The van der Waals surface area contributed by atoms with Crippen LogP contribution >= 0.6 is 0 Å². The number of aliphatic imine (C=N–C) groups is 1. The lowest BCUT2D eigenvalue weighted by Gasteiger charge is -2.03. The van der Waals surface area contributed by atoms with Crippen molar-refractivity contribution in [1.82, 2.24) is 0 Å². The highest BCUT2D eigenvalue weighted by molar-refractivity contribution is 6.06. The normalized spacial score (nSPS) is 26.1. The van der Waals surface area contributed by atoms with E-state index in [1.54, 1.807) is 0 Å². The summed E-state index contributed by atoms with van der Waals surface area (Å²) in [7, 11) is 0. The summed E-state index contributed by atoms with van der Waals surface area (Å²) in [5.74, 6) is -0.896. The Morgan fingerprint density at radius 3 is 2.78 bits per heavy atom. The molecule has 2 N–H and O–H groups in total. The average molecular weight is 127 g/mol. The molecule has 0 fully saturated rings. The zero-order valence-electron chi connectivity index (χ0n) is 4.48. The lowest BCUT2D eigenvalue weighted by atomic mass is 10.2. The first-order valence-corrected chi connectivity index (χ1v) is 2.37. The molecule has 0 aromatic carbocycles. The van der Waals surface area contributed by atoms with Crippen molar-refractivity contribution in [3.8, 4) is 0 Å². The molecule has 0 amide bonds. The largest absolute Gasteiger partial charge is 0.493 e. The fraction of sp³-hybridized carbons (Fsp3) is 0.200. The topological polar surface area (TPSA) is 69.9 Å². The highest BCUT2D eigenvalue weighted by atomic mass is 16.3. The Balaban J connectivity index is 2.82. The number of aliphatic hydroxyl groups excluding tert-OH is 2. The van der Waals surface area contributed by atoms with E-state index in [9.17, 15) is 4.79 Å². The van der Waals surface area contributed by atoms with Gasteiger partial charge in [-0.05, 0) is 0 Å². The molecule has 1 rings (SSSR count). The summed E-state index contributed by atoms with van der Waals surface area (Å²) < 4.78 is 0. The van der Waals surface area contributed by atoms with Gasteiger partial charge in [0.25, 0.3) is 0 Å². The van der Waals surface area contributed by atoms with Crippen LogP contribution in [0.5, 0.6) is 0 Å². The van der Waals surface area contributed by atoms with Gasteiger partial charge in [0.2, 0.25) is 5.88 Å². The van der Waals surface area contributed by atoms with E-state index >= 15 is 0 Å². The predicted octanol–water partition coefficient (Wildman–Crippen LogP) is -0.600. The number of carbonyl (C=O) groups is 1. The maximum absolute atomic E-state index is 10.4. The first-order valence-electron chi connectivity index (χ1n) is 2.37. The molecule has 0 saturated heterocycles. The lowest BCUT2D eigenvalue weighted by Crippen LogP contribution is -2.22. The second-order valence-corrected chi connectivity index (χ2v) is 1.63. The molecule has 0 aliphatic carbocycles. The van der Waals surface area contributed by atoms with Crippen molar-refractivity contribution in [1.29, 1.82) is 0 Å². The number of hydrogen-bond acceptors (Lipinski definition) is 4. The van der Waals surface area contributed by atoms with E-state index in [1.807, 2.05) is 0 Å². The molecule has 1 aliphatic rings. The van der Waals surface area contributed by atoms with Gasteiger partial charge in [0.15, 0.2) is 11.9 Å². The summed E-state index contributed by atoms with van der Waals surface area (Å²) in [4.78, 5) is 13.7. The number of hydrogen-bond donors (Lipinski definition) is 2. The summed E-state index contributed by atoms with van der Waals surface area (Å²) in [5, 5.41) is 17.2. The SMILES string of the molecule is O=C1C=C(O)N=CC1O. The van der Waals surface area contributed by atoms with E-state index in [2.05, 4.69) is 4.99 Å². The molecule has 0 radical (unpaired) electrons. The minimum absolute atomic E-state index is 0.356. The van der Waals surface area contributed by atoms with E-state index < -0.39 is 11.9 Å². The lowest BCUT2D eigenvalue weighted by molar-refractivity contribution is -0.119. The van der Waals surface area contributed by atoms with Crippen LogP contribution in [0.3, 0.4) is 0 Å². The highest BCUT2D eigenvalue weighted by Gasteiger charge is 2.14. The third kappa shape index (κ3) is 1.14. The molecule has 0 spiro atoms. The Labute approximate surface area is 51.1 Å². The zero-order chi connectivity index (χ0) is 6.85. The zero-order valence-corrected chi connectivity index (χ0v) is 4.48. The first kappa shape index (κ1) is 5.97. The van der Waals surface area contributed by atoms with Gasteiger partial charge in [0.05, 0.1) is 0 Å². The first-order chi connectivity index (χ1) is 4.20. The van der Waals surface area contributed by atoms with Crippen molar-refractivity contribution in [2.45, 2.75) is 6.10 Å². The molecule has 4 heteroatoms. The van der Waals surface area contributed by atoms with Crippen LogP contribution in [0.1, 0.15) is 0 Å². The van der Waals surface area contributed by atoms with Crippen molar-refractivity contribution in [2.75, 3.05) is 0 Å². The molecule has 1 unspecified atom stereocenters. The van der Waals surface area contributed by atoms with Crippen LogP contribution in [-0.2, 0) is 4.79 Å². The van der Waals surface area contributed by atoms with Gasteiger partial charge in [-0.3, -0.25) is 4.79 Å². The fourth-order valence-corrected chi connectivity index (χ4v) is 0.470. The van der Waals surface area contributed by atoms with Crippen LogP contribution in [0, 0.1) is 0 Å². The Kier molecular flexibility index (Phi) is 1.32. The molecule has 1 aliphatic heterocycles. The molecule has 1 atom stereocenters. The number of aliphatic hydroxyl groups is 2. The van der Waals surface area contributed by atoms with Gasteiger partial charge in [-0.2, -0.15) is 0 Å². The van der Waals surface area contributed by atoms with Gasteiger partial charge in [-0.15, -0.1) is 0 Å². The Morgan fingerprint density at radius 1 is 1.67 bits per heavy atom. The minimum Gasteiger partial charge on any atom is -0.493 e. The second kappa shape index (κ2) is 1.99. The van der Waals surface area contributed by atoms with Gasteiger partial charge in [-0.25, -0.2) is 4.99 Å². The highest BCUT2D eigenvalue weighted by Crippen LogP contribution is 1.99. The maximum atomic E-state index is 10.4. The summed E-state index contributed by atoms with van der Waals surface area (Å²) in [6.07, 6.45) is 0.684. The molecule has 9 heavy (non-hydrogen) atoms. The Bertz CT molecular complexity index is 194. The summed E-state index contributed by atoms with van der Waals surface area (Å²) in [5.41, 5.74) is 0. The number of ketones is 1. The van der Waals surface area contributed by atoms with E-state index in [4.69, 9.17) is 10.2 Å². The molecule has 4 nitrogen and oxygen atoms in total. The molecular weight excluding hydrogens is 122 g/mol. The van der Waals surface area contributed by atoms with Crippen LogP contribution in [0.4, 0.5) is 0 Å². The third-order valence-electron chi connectivity index (χ3n) is 0.911. The Hall–Kier alpha value is -1.16. The standard InChI is InChI=1S/C5H5NO3/c7-3-1-5(9)6-2-4(3)8/h1-2,4,8-9H. The quantitative estimate of drug-likeness (QED) is 0.456.